The molecular weight excluding hydrogens is 371 g/mol. The first-order valence-electron chi connectivity index (χ1n) is 7.91. The van der Waals surface area contributed by atoms with E-state index < -0.39 is 0 Å². The zero-order chi connectivity index (χ0) is 19.2. The Morgan fingerprint density at radius 3 is 2.44 bits per heavy atom. The summed E-state index contributed by atoms with van der Waals surface area (Å²) in [6, 6.07) is 10.9. The molecule has 1 heterocycles. The van der Waals surface area contributed by atoms with Crippen molar-refractivity contribution in [3.63, 3.8) is 0 Å². The second-order valence-corrected chi connectivity index (χ2v) is 6.35. The number of carbonyl (C=O) groups excluding carboxylic acids is 1. The lowest BCUT2D eigenvalue weighted by molar-refractivity contribution is -0.113. The zero-order valence-corrected chi connectivity index (χ0v) is 15.5. The minimum absolute atomic E-state index is 0.121. The molecule has 2 N–H and O–H groups in total. The average molecular weight is 388 g/mol. The van der Waals surface area contributed by atoms with E-state index in [1.165, 1.54) is 36.0 Å². The quantitative estimate of drug-likeness (QED) is 0.604. The van der Waals surface area contributed by atoms with Crippen LogP contribution in [0.3, 0.4) is 0 Å². The molecular formula is C18H17FN4O3S. The number of amides is 1. The van der Waals surface area contributed by atoms with Crippen molar-refractivity contribution < 1.29 is 18.7 Å². The Labute approximate surface area is 159 Å². The summed E-state index contributed by atoms with van der Waals surface area (Å²) in [5.74, 6) is 1.33. The van der Waals surface area contributed by atoms with Crippen LogP contribution in [0.2, 0.25) is 0 Å². The van der Waals surface area contributed by atoms with Gasteiger partial charge in [-0.3, -0.25) is 9.89 Å². The van der Waals surface area contributed by atoms with Crippen molar-refractivity contribution >= 4 is 23.4 Å². The molecule has 0 atom stereocenters. The Bertz CT molecular complexity index is 908. The Hall–Kier alpha value is -3.07. The van der Waals surface area contributed by atoms with Gasteiger partial charge in [0.1, 0.15) is 17.3 Å². The first-order chi connectivity index (χ1) is 13.1. The number of carbonyl (C=O) groups is 1. The average Bonchev–Trinajstić information content (AvgIpc) is 3.17. The highest BCUT2D eigenvalue weighted by atomic mass is 32.2. The second-order valence-electron chi connectivity index (χ2n) is 5.41. The lowest BCUT2D eigenvalue weighted by atomic mass is 10.2. The minimum Gasteiger partial charge on any atom is -0.497 e. The van der Waals surface area contributed by atoms with E-state index in [2.05, 4.69) is 20.5 Å². The van der Waals surface area contributed by atoms with Gasteiger partial charge in [-0.1, -0.05) is 11.8 Å². The van der Waals surface area contributed by atoms with E-state index in [0.717, 1.165) is 5.56 Å². The van der Waals surface area contributed by atoms with E-state index in [1.807, 2.05) is 0 Å². The number of hydrogen-bond acceptors (Lipinski definition) is 6. The third-order valence-electron chi connectivity index (χ3n) is 3.55. The summed E-state index contributed by atoms with van der Waals surface area (Å²) in [4.78, 5) is 16.4. The molecule has 0 bridgehead atoms. The molecule has 9 heteroatoms. The molecule has 3 aromatic rings. The summed E-state index contributed by atoms with van der Waals surface area (Å²) in [6.07, 6.45) is 0. The molecule has 7 nitrogen and oxygen atoms in total. The van der Waals surface area contributed by atoms with Gasteiger partial charge in [-0.15, -0.1) is 5.10 Å². The molecule has 0 saturated carbocycles. The predicted molar refractivity (Wildman–Crippen MR) is 101 cm³/mol. The molecule has 0 spiro atoms. The highest BCUT2D eigenvalue weighted by molar-refractivity contribution is 7.99. The maximum Gasteiger partial charge on any atom is 0.234 e. The summed E-state index contributed by atoms with van der Waals surface area (Å²) in [5, 5.41) is 10.1. The summed E-state index contributed by atoms with van der Waals surface area (Å²) >= 11 is 1.18. The highest BCUT2D eigenvalue weighted by Crippen LogP contribution is 2.28. The van der Waals surface area contributed by atoms with Crippen LogP contribution >= 0.6 is 11.8 Å². The monoisotopic (exact) mass is 388 g/mol. The molecule has 3 rings (SSSR count). The van der Waals surface area contributed by atoms with Gasteiger partial charge < -0.3 is 14.8 Å². The van der Waals surface area contributed by atoms with Crippen LogP contribution in [-0.2, 0) is 4.79 Å². The number of rotatable bonds is 7. The van der Waals surface area contributed by atoms with E-state index in [9.17, 15) is 9.18 Å². The van der Waals surface area contributed by atoms with Gasteiger partial charge in [0.15, 0.2) is 5.82 Å². The van der Waals surface area contributed by atoms with E-state index in [0.29, 0.717) is 28.2 Å². The van der Waals surface area contributed by atoms with E-state index in [-0.39, 0.29) is 17.5 Å². The number of thioether (sulfide) groups is 1. The summed E-state index contributed by atoms with van der Waals surface area (Å²) in [7, 11) is 3.14. The number of aromatic nitrogens is 3. The maximum atomic E-state index is 12.9. The number of H-pyrrole nitrogens is 1. The summed E-state index contributed by atoms with van der Waals surface area (Å²) in [5.41, 5.74) is 1.28. The van der Waals surface area contributed by atoms with Crippen molar-refractivity contribution in [2.24, 2.45) is 0 Å². The first kappa shape index (κ1) is 18.7. The number of anilines is 1. The molecule has 0 unspecified atom stereocenters. The molecule has 140 valence electrons. The van der Waals surface area contributed by atoms with Crippen LogP contribution in [0.15, 0.2) is 47.6 Å². The Kier molecular flexibility index (Phi) is 5.92. The third-order valence-corrected chi connectivity index (χ3v) is 4.40. The Morgan fingerprint density at radius 1 is 1.15 bits per heavy atom. The molecule has 1 aromatic heterocycles. The first-order valence-corrected chi connectivity index (χ1v) is 8.90. The van der Waals surface area contributed by atoms with Gasteiger partial charge in [-0.2, -0.15) is 0 Å². The number of aromatic amines is 1. The molecule has 0 fully saturated rings. The van der Waals surface area contributed by atoms with Gasteiger partial charge in [-0.25, -0.2) is 9.37 Å². The molecule has 27 heavy (non-hydrogen) atoms. The fourth-order valence-electron chi connectivity index (χ4n) is 2.24. The largest absolute Gasteiger partial charge is 0.497 e. The van der Waals surface area contributed by atoms with Gasteiger partial charge in [-0.05, 0) is 36.4 Å². The van der Waals surface area contributed by atoms with Crippen LogP contribution in [0.4, 0.5) is 10.1 Å². The number of ether oxygens (including phenoxy) is 2. The fourth-order valence-corrected chi connectivity index (χ4v) is 2.84. The van der Waals surface area contributed by atoms with E-state index in [1.54, 1.807) is 32.4 Å². The lowest BCUT2D eigenvalue weighted by Gasteiger charge is -2.06. The van der Waals surface area contributed by atoms with Gasteiger partial charge in [0.05, 0.1) is 20.0 Å². The van der Waals surface area contributed by atoms with Crippen molar-refractivity contribution in [3.8, 4) is 22.9 Å². The van der Waals surface area contributed by atoms with Crippen molar-refractivity contribution in [2.75, 3.05) is 25.3 Å². The van der Waals surface area contributed by atoms with Gasteiger partial charge in [0.25, 0.3) is 0 Å². The molecule has 1 amide bonds. The lowest BCUT2D eigenvalue weighted by Crippen LogP contribution is -2.14. The Morgan fingerprint density at radius 2 is 1.81 bits per heavy atom. The molecule has 0 radical (unpaired) electrons. The standard InChI is InChI=1S/C18H17FN4O3S/c1-25-14-7-11(8-15(9-14)26-2)17-21-18(23-22-17)27-10-16(24)20-13-5-3-12(19)4-6-13/h3-9H,10H2,1-2H3,(H,20,24)(H,21,22,23). The maximum absolute atomic E-state index is 12.9. The molecule has 0 aliphatic rings. The number of methoxy groups -OCH3 is 2. The van der Waals surface area contributed by atoms with Gasteiger partial charge in [0.2, 0.25) is 11.1 Å². The van der Waals surface area contributed by atoms with E-state index >= 15 is 0 Å². The van der Waals surface area contributed by atoms with Crippen molar-refractivity contribution in [1.82, 2.24) is 15.2 Å². The van der Waals surface area contributed by atoms with Crippen LogP contribution in [0.5, 0.6) is 11.5 Å². The van der Waals surface area contributed by atoms with Crippen LogP contribution < -0.4 is 14.8 Å². The van der Waals surface area contributed by atoms with E-state index in [4.69, 9.17) is 9.47 Å². The topological polar surface area (TPSA) is 89.1 Å². The Balaban J connectivity index is 1.62. The zero-order valence-electron chi connectivity index (χ0n) is 14.7. The minimum atomic E-state index is -0.357. The SMILES string of the molecule is COc1cc(OC)cc(-c2nc(SCC(=O)Nc3ccc(F)cc3)n[nH]2)c1. The molecule has 2 aromatic carbocycles. The van der Waals surface area contributed by atoms with Crippen LogP contribution in [0, 0.1) is 5.82 Å². The summed E-state index contributed by atoms with van der Waals surface area (Å²) in [6.45, 7) is 0. The number of nitrogens with one attached hydrogen (secondary N) is 2. The molecule has 0 aliphatic heterocycles. The second kappa shape index (κ2) is 8.54. The molecule has 0 saturated heterocycles. The van der Waals surface area contributed by atoms with Gasteiger partial charge in [0, 0.05) is 17.3 Å². The number of benzene rings is 2. The number of hydrogen-bond donors (Lipinski definition) is 2. The third kappa shape index (κ3) is 4.98. The van der Waals surface area contributed by atoms with Crippen LogP contribution in [0.25, 0.3) is 11.4 Å². The van der Waals surface area contributed by atoms with Crippen LogP contribution in [-0.4, -0.2) is 41.1 Å². The number of halogens is 1. The molecule has 0 aliphatic carbocycles. The fraction of sp³-hybridized carbons (Fsp3) is 0.167. The van der Waals surface area contributed by atoms with Gasteiger partial charge >= 0.3 is 0 Å². The van der Waals surface area contributed by atoms with Crippen molar-refractivity contribution in [1.29, 1.82) is 0 Å². The smallest absolute Gasteiger partial charge is 0.234 e. The number of nitrogens with zero attached hydrogens (tertiary/aromatic N) is 2. The highest BCUT2D eigenvalue weighted by Gasteiger charge is 2.11. The van der Waals surface area contributed by atoms with Crippen LogP contribution in [0.1, 0.15) is 0 Å². The predicted octanol–water partition coefficient (Wildman–Crippen LogP) is 3.36. The van der Waals surface area contributed by atoms with Crippen molar-refractivity contribution in [2.45, 2.75) is 5.16 Å². The van der Waals surface area contributed by atoms with Crippen molar-refractivity contribution in [3.05, 3.63) is 48.3 Å². The normalized spacial score (nSPS) is 10.5. The summed E-state index contributed by atoms with van der Waals surface area (Å²) < 4.78 is 23.4.